The molecule has 3 rings (SSSR count). The van der Waals surface area contributed by atoms with Crippen LogP contribution >= 0.6 is 11.6 Å². The number of halogens is 1. The first-order chi connectivity index (χ1) is 9.78. The molecule has 1 aromatic carbocycles. The van der Waals surface area contributed by atoms with Crippen LogP contribution in [0.1, 0.15) is 12.5 Å². The van der Waals surface area contributed by atoms with E-state index in [1.165, 1.54) is 5.56 Å². The summed E-state index contributed by atoms with van der Waals surface area (Å²) in [5.74, 6) is 0. The molecule has 20 heavy (non-hydrogen) atoms. The van der Waals surface area contributed by atoms with Crippen molar-refractivity contribution in [2.45, 2.75) is 20.0 Å². The molecule has 0 aliphatic heterocycles. The summed E-state index contributed by atoms with van der Waals surface area (Å²) < 4.78 is 2.16. The zero-order chi connectivity index (χ0) is 13.9. The van der Waals surface area contributed by atoms with Crippen molar-refractivity contribution in [2.75, 3.05) is 5.32 Å². The second-order valence-corrected chi connectivity index (χ2v) is 5.11. The van der Waals surface area contributed by atoms with E-state index in [1.807, 2.05) is 24.3 Å². The molecule has 0 spiro atoms. The van der Waals surface area contributed by atoms with Gasteiger partial charge in [0.15, 0.2) is 0 Å². The van der Waals surface area contributed by atoms with Crippen molar-refractivity contribution in [3.05, 3.63) is 59.5 Å². The predicted octanol–water partition coefficient (Wildman–Crippen LogP) is 4.32. The van der Waals surface area contributed by atoms with Gasteiger partial charge in [0.05, 0.1) is 16.2 Å². The monoisotopic (exact) mass is 285 g/mol. The van der Waals surface area contributed by atoms with Gasteiger partial charge in [-0.3, -0.25) is 4.98 Å². The van der Waals surface area contributed by atoms with Crippen molar-refractivity contribution < 1.29 is 0 Å². The highest BCUT2D eigenvalue weighted by Crippen LogP contribution is 2.28. The van der Waals surface area contributed by atoms with Gasteiger partial charge in [-0.25, -0.2) is 0 Å². The van der Waals surface area contributed by atoms with E-state index in [2.05, 4.69) is 40.3 Å². The van der Waals surface area contributed by atoms with Crippen LogP contribution in [0.15, 0.2) is 48.9 Å². The van der Waals surface area contributed by atoms with Crippen LogP contribution < -0.4 is 5.32 Å². The fraction of sp³-hybridized carbons (Fsp3) is 0.188. The number of hydrogen-bond acceptors (Lipinski definition) is 2. The average molecular weight is 286 g/mol. The summed E-state index contributed by atoms with van der Waals surface area (Å²) in [6, 6.07) is 9.91. The Hall–Kier alpha value is -2.00. The van der Waals surface area contributed by atoms with Gasteiger partial charge in [-0.05, 0) is 42.8 Å². The van der Waals surface area contributed by atoms with Crippen molar-refractivity contribution in [1.29, 1.82) is 0 Å². The number of aromatic nitrogens is 2. The lowest BCUT2D eigenvalue weighted by atomic mass is 10.2. The van der Waals surface area contributed by atoms with Crippen LogP contribution in [-0.4, -0.2) is 9.55 Å². The minimum atomic E-state index is 0.732. The Morgan fingerprint density at radius 1 is 1.25 bits per heavy atom. The Labute approximate surface area is 123 Å². The Kier molecular flexibility index (Phi) is 3.61. The lowest BCUT2D eigenvalue weighted by Crippen LogP contribution is -2.00. The topological polar surface area (TPSA) is 29.9 Å². The van der Waals surface area contributed by atoms with E-state index in [0.717, 1.165) is 34.7 Å². The molecule has 0 radical (unpaired) electrons. The third kappa shape index (κ3) is 2.49. The third-order valence-electron chi connectivity index (χ3n) is 3.38. The predicted molar refractivity (Wildman–Crippen MR) is 84.2 cm³/mol. The molecule has 0 saturated carbocycles. The Bertz CT molecular complexity index is 733. The summed E-state index contributed by atoms with van der Waals surface area (Å²) in [4.78, 5) is 4.42. The second kappa shape index (κ2) is 5.55. The first-order valence-electron chi connectivity index (χ1n) is 6.69. The molecule has 3 nitrogen and oxygen atoms in total. The first-order valence-corrected chi connectivity index (χ1v) is 7.07. The number of fused-ring (bicyclic) bond motifs is 1. The van der Waals surface area contributed by atoms with Crippen molar-refractivity contribution in [1.82, 2.24) is 9.55 Å². The average Bonchev–Trinajstić information content (AvgIpc) is 2.95. The maximum absolute atomic E-state index is 6.20. The maximum Gasteiger partial charge on any atom is 0.0948 e. The fourth-order valence-corrected chi connectivity index (χ4v) is 2.49. The lowest BCUT2D eigenvalue weighted by molar-refractivity contribution is 0.766. The standard InChI is InChI=1S/C16H16ClN3/c1-2-20-9-7-12(11-20)10-19-15-6-5-14(17)13-4-3-8-18-16(13)15/h3-9,11,19H,2,10H2,1H3. The Morgan fingerprint density at radius 3 is 2.95 bits per heavy atom. The van der Waals surface area contributed by atoms with Gasteiger partial charge in [-0.2, -0.15) is 0 Å². The first kappa shape index (κ1) is 13.0. The normalized spacial score (nSPS) is 10.9. The molecule has 3 aromatic rings. The number of aryl methyl sites for hydroxylation is 1. The van der Waals surface area contributed by atoms with E-state index in [9.17, 15) is 0 Å². The second-order valence-electron chi connectivity index (χ2n) is 4.70. The number of pyridine rings is 1. The fourth-order valence-electron chi connectivity index (χ4n) is 2.27. The van der Waals surface area contributed by atoms with E-state index in [1.54, 1.807) is 6.20 Å². The molecule has 2 heterocycles. The zero-order valence-corrected chi connectivity index (χ0v) is 12.1. The SMILES string of the molecule is CCn1ccc(CNc2ccc(Cl)c3cccnc23)c1. The Morgan fingerprint density at radius 2 is 2.15 bits per heavy atom. The number of anilines is 1. The molecule has 0 aliphatic rings. The van der Waals surface area contributed by atoms with Gasteiger partial charge < -0.3 is 9.88 Å². The minimum absolute atomic E-state index is 0.732. The molecule has 1 N–H and O–H groups in total. The summed E-state index contributed by atoms with van der Waals surface area (Å²) in [7, 11) is 0. The summed E-state index contributed by atoms with van der Waals surface area (Å²) in [5.41, 5.74) is 3.18. The number of nitrogens with one attached hydrogen (secondary N) is 1. The van der Waals surface area contributed by atoms with E-state index >= 15 is 0 Å². The third-order valence-corrected chi connectivity index (χ3v) is 3.71. The molecule has 0 saturated heterocycles. The molecular formula is C16H16ClN3. The van der Waals surface area contributed by atoms with Crippen molar-refractivity contribution in [2.24, 2.45) is 0 Å². The summed E-state index contributed by atoms with van der Waals surface area (Å²) in [6.07, 6.45) is 6.03. The molecule has 0 atom stereocenters. The van der Waals surface area contributed by atoms with Crippen LogP contribution in [0.3, 0.4) is 0 Å². The van der Waals surface area contributed by atoms with Crippen molar-refractivity contribution in [3.63, 3.8) is 0 Å². The van der Waals surface area contributed by atoms with Gasteiger partial charge in [0.1, 0.15) is 0 Å². The molecule has 2 aromatic heterocycles. The van der Waals surface area contributed by atoms with Crippen LogP contribution in [0, 0.1) is 0 Å². The van der Waals surface area contributed by atoms with E-state index in [-0.39, 0.29) is 0 Å². The number of benzene rings is 1. The van der Waals surface area contributed by atoms with Crippen LogP contribution in [-0.2, 0) is 13.1 Å². The minimum Gasteiger partial charge on any atom is -0.379 e. The summed E-state index contributed by atoms with van der Waals surface area (Å²) in [5, 5.41) is 5.14. The summed E-state index contributed by atoms with van der Waals surface area (Å²) in [6.45, 7) is 3.90. The van der Waals surface area contributed by atoms with Crippen LogP contribution in [0.25, 0.3) is 10.9 Å². The van der Waals surface area contributed by atoms with Gasteiger partial charge >= 0.3 is 0 Å². The van der Waals surface area contributed by atoms with Gasteiger partial charge in [-0.15, -0.1) is 0 Å². The number of hydrogen-bond donors (Lipinski definition) is 1. The highest BCUT2D eigenvalue weighted by molar-refractivity contribution is 6.35. The van der Waals surface area contributed by atoms with Gasteiger partial charge in [-0.1, -0.05) is 11.6 Å². The molecule has 0 amide bonds. The van der Waals surface area contributed by atoms with Crippen LogP contribution in [0.2, 0.25) is 5.02 Å². The molecule has 4 heteroatoms. The number of rotatable bonds is 4. The summed E-state index contributed by atoms with van der Waals surface area (Å²) >= 11 is 6.20. The van der Waals surface area contributed by atoms with Crippen molar-refractivity contribution in [3.8, 4) is 0 Å². The highest BCUT2D eigenvalue weighted by Gasteiger charge is 2.05. The number of nitrogens with zero attached hydrogens (tertiary/aromatic N) is 2. The molecule has 102 valence electrons. The molecule has 0 unspecified atom stereocenters. The van der Waals surface area contributed by atoms with Gasteiger partial charge in [0.2, 0.25) is 0 Å². The van der Waals surface area contributed by atoms with E-state index in [4.69, 9.17) is 11.6 Å². The molecule has 0 bridgehead atoms. The van der Waals surface area contributed by atoms with Gasteiger partial charge in [0, 0.05) is 37.1 Å². The van der Waals surface area contributed by atoms with E-state index in [0.29, 0.717) is 0 Å². The maximum atomic E-state index is 6.20. The van der Waals surface area contributed by atoms with Crippen molar-refractivity contribution >= 4 is 28.2 Å². The smallest absolute Gasteiger partial charge is 0.0948 e. The zero-order valence-electron chi connectivity index (χ0n) is 11.3. The molecule has 0 fully saturated rings. The highest BCUT2D eigenvalue weighted by atomic mass is 35.5. The quantitative estimate of drug-likeness (QED) is 0.773. The molecular weight excluding hydrogens is 270 g/mol. The Balaban J connectivity index is 1.86. The van der Waals surface area contributed by atoms with Crippen LogP contribution in [0.5, 0.6) is 0 Å². The largest absolute Gasteiger partial charge is 0.379 e. The van der Waals surface area contributed by atoms with E-state index < -0.39 is 0 Å². The molecule has 0 aliphatic carbocycles. The van der Waals surface area contributed by atoms with Crippen LogP contribution in [0.4, 0.5) is 5.69 Å². The van der Waals surface area contributed by atoms with Gasteiger partial charge in [0.25, 0.3) is 0 Å². The lowest BCUT2D eigenvalue weighted by Gasteiger charge is -2.09.